The number of allylic oxidation sites excluding steroid dienone is 4. The van der Waals surface area contributed by atoms with Gasteiger partial charge in [-0.1, -0.05) is 19.1 Å². The predicted octanol–water partition coefficient (Wildman–Crippen LogP) is 5.30. The van der Waals surface area contributed by atoms with Gasteiger partial charge in [-0.15, -0.1) is 0 Å². The normalized spacial score (nSPS) is 13.2. The van der Waals surface area contributed by atoms with Crippen LogP contribution in [0.25, 0.3) is 6.08 Å². The van der Waals surface area contributed by atoms with Gasteiger partial charge in [0.2, 0.25) is 5.83 Å². The summed E-state index contributed by atoms with van der Waals surface area (Å²) in [7, 11) is 1.65. The summed E-state index contributed by atoms with van der Waals surface area (Å²) in [5.41, 5.74) is 5.88. The molecule has 0 aliphatic heterocycles. The molecule has 0 saturated carbocycles. The Morgan fingerprint density at radius 1 is 1.29 bits per heavy atom. The van der Waals surface area contributed by atoms with Crippen LogP contribution in [-0.2, 0) is 4.79 Å². The summed E-state index contributed by atoms with van der Waals surface area (Å²) in [6.45, 7) is 9.77. The zero-order valence-electron chi connectivity index (χ0n) is 15.2. The van der Waals surface area contributed by atoms with Crippen LogP contribution >= 0.6 is 0 Å². The summed E-state index contributed by atoms with van der Waals surface area (Å²) >= 11 is 0. The van der Waals surface area contributed by atoms with Crippen LogP contribution in [-0.4, -0.2) is 18.2 Å². The maximum absolute atomic E-state index is 13.3. The molecule has 1 rings (SSSR count). The number of carbonyl (C=O) groups is 1. The van der Waals surface area contributed by atoms with Crippen LogP contribution in [0, 0.1) is 20.8 Å². The zero-order valence-corrected chi connectivity index (χ0v) is 15.2. The van der Waals surface area contributed by atoms with Crippen molar-refractivity contribution < 1.29 is 19.0 Å². The van der Waals surface area contributed by atoms with Crippen molar-refractivity contribution >= 4 is 12.0 Å². The fourth-order valence-corrected chi connectivity index (χ4v) is 2.56. The second-order valence-corrected chi connectivity index (χ2v) is 5.75. The van der Waals surface area contributed by atoms with Gasteiger partial charge in [0.1, 0.15) is 5.75 Å². The maximum Gasteiger partial charge on any atom is 0.364 e. The van der Waals surface area contributed by atoms with E-state index in [9.17, 15) is 9.18 Å². The summed E-state index contributed by atoms with van der Waals surface area (Å²) in [6, 6.07) is 1.99. The van der Waals surface area contributed by atoms with Crippen molar-refractivity contribution in [2.24, 2.45) is 0 Å². The van der Waals surface area contributed by atoms with Gasteiger partial charge in [-0.2, -0.15) is 4.39 Å². The summed E-state index contributed by atoms with van der Waals surface area (Å²) < 4.78 is 18.7. The number of halogens is 1. The molecule has 3 nitrogen and oxygen atoms in total. The van der Waals surface area contributed by atoms with E-state index in [1.54, 1.807) is 7.11 Å². The molecule has 0 aromatic heterocycles. The largest absolute Gasteiger partial charge is 0.496 e. The quantitative estimate of drug-likeness (QED) is 0.568. The highest BCUT2D eigenvalue weighted by atomic mass is 19.1. The smallest absolute Gasteiger partial charge is 0.364 e. The molecule has 0 atom stereocenters. The first-order valence-electron chi connectivity index (χ1n) is 7.86. The first kappa shape index (κ1) is 19.7. The zero-order chi connectivity index (χ0) is 18.4. The molecule has 0 bridgehead atoms. The average molecular weight is 332 g/mol. The third-order valence-corrected chi connectivity index (χ3v) is 4.22. The third-order valence-electron chi connectivity index (χ3n) is 4.22. The Hall–Kier alpha value is -2.36. The Kier molecular flexibility index (Phi) is 6.96. The summed E-state index contributed by atoms with van der Waals surface area (Å²) in [6.07, 6.45) is 5.51. The maximum atomic E-state index is 13.3. The molecule has 4 heteroatoms. The van der Waals surface area contributed by atoms with E-state index in [1.807, 2.05) is 52.8 Å². The van der Waals surface area contributed by atoms with E-state index in [0.29, 0.717) is 12.0 Å². The van der Waals surface area contributed by atoms with Crippen molar-refractivity contribution in [1.82, 2.24) is 0 Å². The van der Waals surface area contributed by atoms with E-state index in [4.69, 9.17) is 9.84 Å². The molecule has 130 valence electrons. The molecule has 24 heavy (non-hydrogen) atoms. The Morgan fingerprint density at radius 3 is 2.42 bits per heavy atom. The number of ether oxygens (including phenoxy) is 1. The molecule has 0 radical (unpaired) electrons. The number of benzene rings is 1. The van der Waals surface area contributed by atoms with E-state index in [1.165, 1.54) is 0 Å². The van der Waals surface area contributed by atoms with Gasteiger partial charge in [-0.25, -0.2) is 4.79 Å². The molecule has 1 aromatic carbocycles. The molecule has 0 spiro atoms. The molecule has 0 aliphatic carbocycles. The van der Waals surface area contributed by atoms with E-state index in [2.05, 4.69) is 0 Å². The minimum absolute atomic E-state index is 0.552. The van der Waals surface area contributed by atoms with Crippen LogP contribution in [0.2, 0.25) is 0 Å². The number of carboxylic acids is 1. The third kappa shape index (κ3) is 4.57. The van der Waals surface area contributed by atoms with E-state index in [0.717, 1.165) is 39.7 Å². The van der Waals surface area contributed by atoms with Gasteiger partial charge in [-0.05, 0) is 79.7 Å². The van der Waals surface area contributed by atoms with Crippen molar-refractivity contribution in [2.75, 3.05) is 7.11 Å². The van der Waals surface area contributed by atoms with Crippen molar-refractivity contribution in [1.29, 1.82) is 0 Å². The predicted molar refractivity (Wildman–Crippen MR) is 96.1 cm³/mol. The topological polar surface area (TPSA) is 46.5 Å². The van der Waals surface area contributed by atoms with Gasteiger partial charge in [0.05, 0.1) is 7.11 Å². The summed E-state index contributed by atoms with van der Waals surface area (Å²) in [5.74, 6) is -1.84. The minimum Gasteiger partial charge on any atom is -0.496 e. The molecular formula is C20H25FO3. The second kappa shape index (κ2) is 8.48. The number of aryl methyl sites for hydroxylation is 1. The molecule has 0 unspecified atom stereocenters. The highest BCUT2D eigenvalue weighted by Crippen LogP contribution is 2.28. The van der Waals surface area contributed by atoms with E-state index < -0.39 is 11.8 Å². The van der Waals surface area contributed by atoms with Crippen LogP contribution in [0.3, 0.4) is 0 Å². The van der Waals surface area contributed by atoms with Gasteiger partial charge in [0, 0.05) is 0 Å². The Bertz CT molecular complexity index is 725. The lowest BCUT2D eigenvalue weighted by Crippen LogP contribution is -1.96. The van der Waals surface area contributed by atoms with Crippen molar-refractivity contribution in [2.45, 2.75) is 41.0 Å². The van der Waals surface area contributed by atoms with Crippen molar-refractivity contribution in [3.8, 4) is 5.75 Å². The minimum atomic E-state index is -1.55. The van der Waals surface area contributed by atoms with Crippen LogP contribution in [0.5, 0.6) is 5.75 Å². The van der Waals surface area contributed by atoms with Crippen molar-refractivity contribution in [3.05, 3.63) is 57.4 Å². The van der Waals surface area contributed by atoms with E-state index in [-0.39, 0.29) is 0 Å². The standard InChI is InChI=1S/C20H25FO3/c1-7-16(11-18(21)20(22)23)12(2)8-9-17-13(3)10-19(24-6)15(5)14(17)4/h8-11H,7H2,1-6H3,(H,22,23). The molecule has 0 saturated heterocycles. The van der Waals surface area contributed by atoms with Crippen LogP contribution in [0.1, 0.15) is 42.5 Å². The van der Waals surface area contributed by atoms with Gasteiger partial charge in [0.25, 0.3) is 0 Å². The van der Waals surface area contributed by atoms with Gasteiger partial charge in [0.15, 0.2) is 0 Å². The molecule has 1 N–H and O–H groups in total. The van der Waals surface area contributed by atoms with Crippen LogP contribution < -0.4 is 4.74 Å². The highest BCUT2D eigenvalue weighted by molar-refractivity contribution is 5.84. The molecule has 0 fully saturated rings. The number of hydrogen-bond donors (Lipinski definition) is 1. The summed E-state index contributed by atoms with van der Waals surface area (Å²) in [4.78, 5) is 10.6. The SMILES string of the molecule is CCC(C=C(F)C(=O)O)=C(C)C=Cc1c(C)cc(OC)c(C)c1C. The monoisotopic (exact) mass is 332 g/mol. The molecule has 1 aromatic rings. The lowest BCUT2D eigenvalue weighted by Gasteiger charge is -2.13. The fraction of sp³-hybridized carbons (Fsp3) is 0.350. The number of carboxylic acid groups (broad SMARTS) is 1. The Morgan fingerprint density at radius 2 is 1.92 bits per heavy atom. The second-order valence-electron chi connectivity index (χ2n) is 5.75. The number of rotatable bonds is 6. The first-order chi connectivity index (χ1) is 11.2. The summed E-state index contributed by atoms with van der Waals surface area (Å²) in [5, 5.41) is 8.67. The van der Waals surface area contributed by atoms with Crippen LogP contribution in [0.4, 0.5) is 4.39 Å². The van der Waals surface area contributed by atoms with Crippen LogP contribution in [0.15, 0.2) is 35.2 Å². The highest BCUT2D eigenvalue weighted by Gasteiger charge is 2.09. The van der Waals surface area contributed by atoms with Crippen molar-refractivity contribution in [3.63, 3.8) is 0 Å². The Labute approximate surface area is 143 Å². The van der Waals surface area contributed by atoms with Gasteiger partial charge >= 0.3 is 5.97 Å². The lowest BCUT2D eigenvalue weighted by molar-refractivity contribution is -0.134. The molecule has 0 aliphatic rings. The average Bonchev–Trinajstić information content (AvgIpc) is 2.54. The number of methoxy groups -OCH3 is 1. The number of hydrogen-bond acceptors (Lipinski definition) is 2. The van der Waals surface area contributed by atoms with E-state index >= 15 is 0 Å². The molecular weight excluding hydrogens is 307 g/mol. The fourth-order valence-electron chi connectivity index (χ4n) is 2.56. The lowest BCUT2D eigenvalue weighted by atomic mass is 9.96. The van der Waals surface area contributed by atoms with Gasteiger partial charge in [-0.3, -0.25) is 0 Å². The van der Waals surface area contributed by atoms with Gasteiger partial charge < -0.3 is 9.84 Å². The first-order valence-corrected chi connectivity index (χ1v) is 7.86. The molecule has 0 heterocycles. The number of aliphatic carboxylic acids is 1. The Balaban J connectivity index is 3.29. The molecule has 0 amide bonds.